The number of aliphatic hydroxyl groups excluding tert-OH is 1. The molecule has 1 heterocycles. The lowest BCUT2D eigenvalue weighted by molar-refractivity contribution is 0.102. The van der Waals surface area contributed by atoms with Crippen molar-refractivity contribution in [2.45, 2.75) is 32.8 Å². The van der Waals surface area contributed by atoms with E-state index in [2.05, 4.69) is 36.3 Å². The zero-order valence-corrected chi connectivity index (χ0v) is 11.9. The molecule has 0 saturated heterocycles. The number of benzene rings is 1. The number of hydrogen-bond donors (Lipinski definition) is 3. The highest BCUT2D eigenvalue weighted by atomic mass is 16.3. The Morgan fingerprint density at radius 2 is 1.95 bits per heavy atom. The van der Waals surface area contributed by atoms with E-state index >= 15 is 0 Å². The van der Waals surface area contributed by atoms with Gasteiger partial charge in [0.15, 0.2) is 5.82 Å². The molecule has 1 aromatic heterocycles. The second kappa shape index (κ2) is 5.46. The van der Waals surface area contributed by atoms with Crippen LogP contribution < -0.4 is 5.32 Å². The summed E-state index contributed by atoms with van der Waals surface area (Å²) in [6.45, 7) is 6.18. The molecule has 0 saturated carbocycles. The summed E-state index contributed by atoms with van der Waals surface area (Å²) in [7, 11) is 0. The molecular weight excluding hydrogens is 254 g/mol. The molecule has 3 N–H and O–H groups in total. The number of aromatic nitrogens is 2. The van der Waals surface area contributed by atoms with Gasteiger partial charge >= 0.3 is 0 Å². The van der Waals surface area contributed by atoms with Gasteiger partial charge in [-0.3, -0.25) is 9.89 Å². The molecule has 0 aliphatic heterocycles. The predicted octanol–water partition coefficient (Wildman–Crippen LogP) is 2.45. The Bertz CT molecular complexity index is 594. The van der Waals surface area contributed by atoms with Crippen LogP contribution >= 0.6 is 0 Å². The summed E-state index contributed by atoms with van der Waals surface area (Å²) in [5, 5.41) is 18.7. The summed E-state index contributed by atoms with van der Waals surface area (Å²) in [5.41, 5.74) is 2.22. The minimum atomic E-state index is -0.221. The van der Waals surface area contributed by atoms with Gasteiger partial charge in [-0.15, -0.1) is 0 Å². The standard InChI is InChI=1S/C15H19N3O2/c1-15(2,3)12-8-13(18-17-12)16-14(20)11-6-4-10(9-19)5-7-11/h4-8,19H,9H2,1-3H3,(H2,16,17,18,20). The molecule has 2 aromatic rings. The maximum absolute atomic E-state index is 12.0. The highest BCUT2D eigenvalue weighted by molar-refractivity contribution is 6.03. The van der Waals surface area contributed by atoms with Crippen molar-refractivity contribution in [1.82, 2.24) is 10.2 Å². The van der Waals surface area contributed by atoms with Crippen LogP contribution in [0.25, 0.3) is 0 Å². The van der Waals surface area contributed by atoms with E-state index in [1.807, 2.05) is 6.07 Å². The average Bonchev–Trinajstić information content (AvgIpc) is 2.87. The fourth-order valence-corrected chi connectivity index (χ4v) is 1.72. The van der Waals surface area contributed by atoms with E-state index in [1.165, 1.54) is 0 Å². The van der Waals surface area contributed by atoms with Crippen LogP contribution in [0.3, 0.4) is 0 Å². The largest absolute Gasteiger partial charge is 0.392 e. The number of amides is 1. The van der Waals surface area contributed by atoms with Crippen LogP contribution in [0.4, 0.5) is 5.82 Å². The van der Waals surface area contributed by atoms with Gasteiger partial charge in [-0.05, 0) is 17.7 Å². The molecule has 0 aliphatic carbocycles. The van der Waals surface area contributed by atoms with E-state index in [0.717, 1.165) is 11.3 Å². The molecular formula is C15H19N3O2. The van der Waals surface area contributed by atoms with Crippen molar-refractivity contribution >= 4 is 11.7 Å². The molecule has 20 heavy (non-hydrogen) atoms. The number of nitrogens with one attached hydrogen (secondary N) is 2. The van der Waals surface area contributed by atoms with Gasteiger partial charge in [0, 0.05) is 22.7 Å². The lowest BCUT2D eigenvalue weighted by Gasteiger charge is -2.14. The quantitative estimate of drug-likeness (QED) is 0.803. The van der Waals surface area contributed by atoms with Crippen LogP contribution in [-0.2, 0) is 12.0 Å². The van der Waals surface area contributed by atoms with Gasteiger partial charge in [-0.25, -0.2) is 0 Å². The van der Waals surface area contributed by atoms with Gasteiger partial charge < -0.3 is 10.4 Å². The summed E-state index contributed by atoms with van der Waals surface area (Å²) >= 11 is 0. The van der Waals surface area contributed by atoms with Crippen LogP contribution in [0.1, 0.15) is 42.4 Å². The number of aromatic amines is 1. The van der Waals surface area contributed by atoms with Crippen LogP contribution in [-0.4, -0.2) is 21.2 Å². The summed E-state index contributed by atoms with van der Waals surface area (Å²) in [6.07, 6.45) is 0. The molecule has 0 radical (unpaired) electrons. The van der Waals surface area contributed by atoms with E-state index in [4.69, 9.17) is 5.11 Å². The van der Waals surface area contributed by atoms with E-state index in [9.17, 15) is 4.79 Å². The number of aliphatic hydroxyl groups is 1. The Hall–Kier alpha value is -2.14. The first kappa shape index (κ1) is 14.3. The molecule has 0 atom stereocenters. The molecule has 0 bridgehead atoms. The first-order valence-corrected chi connectivity index (χ1v) is 6.47. The van der Waals surface area contributed by atoms with Crippen LogP contribution in [0.2, 0.25) is 0 Å². The lowest BCUT2D eigenvalue weighted by Crippen LogP contribution is -2.12. The van der Waals surface area contributed by atoms with Gasteiger partial charge in [-0.1, -0.05) is 32.9 Å². The Morgan fingerprint density at radius 1 is 1.30 bits per heavy atom. The van der Waals surface area contributed by atoms with Gasteiger partial charge in [0.2, 0.25) is 0 Å². The number of H-pyrrole nitrogens is 1. The molecule has 5 nitrogen and oxygen atoms in total. The second-order valence-corrected chi connectivity index (χ2v) is 5.73. The number of anilines is 1. The van der Waals surface area contributed by atoms with E-state index in [-0.39, 0.29) is 17.9 Å². The van der Waals surface area contributed by atoms with Crippen molar-refractivity contribution < 1.29 is 9.90 Å². The van der Waals surface area contributed by atoms with Crippen molar-refractivity contribution in [2.24, 2.45) is 0 Å². The highest BCUT2D eigenvalue weighted by Gasteiger charge is 2.17. The predicted molar refractivity (Wildman–Crippen MR) is 77.6 cm³/mol. The number of carbonyl (C=O) groups is 1. The van der Waals surface area contributed by atoms with Crippen molar-refractivity contribution in [3.63, 3.8) is 0 Å². The zero-order valence-electron chi connectivity index (χ0n) is 11.9. The van der Waals surface area contributed by atoms with Gasteiger partial charge in [0.25, 0.3) is 5.91 Å². The molecule has 1 aromatic carbocycles. The fourth-order valence-electron chi connectivity index (χ4n) is 1.72. The number of carbonyl (C=O) groups excluding carboxylic acids is 1. The van der Waals surface area contributed by atoms with Crippen LogP contribution in [0.5, 0.6) is 0 Å². The molecule has 0 spiro atoms. The van der Waals surface area contributed by atoms with E-state index < -0.39 is 0 Å². The molecule has 0 aliphatic rings. The van der Waals surface area contributed by atoms with E-state index in [0.29, 0.717) is 11.4 Å². The third kappa shape index (κ3) is 3.24. The molecule has 5 heteroatoms. The Balaban J connectivity index is 2.09. The smallest absolute Gasteiger partial charge is 0.256 e. The Labute approximate surface area is 118 Å². The SMILES string of the molecule is CC(C)(C)c1cc(NC(=O)c2ccc(CO)cc2)n[nH]1. The maximum atomic E-state index is 12.0. The minimum absolute atomic E-state index is 0.0315. The normalized spacial score (nSPS) is 11.4. The van der Waals surface area contributed by atoms with Gasteiger partial charge in [0.1, 0.15) is 0 Å². The molecule has 106 valence electrons. The van der Waals surface area contributed by atoms with Crippen molar-refractivity contribution in [3.8, 4) is 0 Å². The third-order valence-corrected chi connectivity index (χ3v) is 3.03. The molecule has 2 rings (SSSR count). The monoisotopic (exact) mass is 273 g/mol. The fraction of sp³-hybridized carbons (Fsp3) is 0.333. The zero-order chi connectivity index (χ0) is 14.8. The Kier molecular flexibility index (Phi) is 3.90. The Morgan fingerprint density at radius 3 is 2.45 bits per heavy atom. The van der Waals surface area contributed by atoms with Crippen LogP contribution in [0, 0.1) is 0 Å². The molecule has 0 fully saturated rings. The van der Waals surface area contributed by atoms with E-state index in [1.54, 1.807) is 24.3 Å². The summed E-state index contributed by atoms with van der Waals surface area (Å²) in [6, 6.07) is 8.64. The van der Waals surface area contributed by atoms with Gasteiger partial charge in [-0.2, -0.15) is 5.10 Å². The van der Waals surface area contributed by atoms with Gasteiger partial charge in [0.05, 0.1) is 6.61 Å². The first-order valence-electron chi connectivity index (χ1n) is 6.47. The molecule has 0 unspecified atom stereocenters. The lowest BCUT2D eigenvalue weighted by atomic mass is 9.92. The highest BCUT2D eigenvalue weighted by Crippen LogP contribution is 2.22. The summed E-state index contributed by atoms with van der Waals surface area (Å²) in [5.74, 6) is 0.285. The number of hydrogen-bond acceptors (Lipinski definition) is 3. The first-order chi connectivity index (χ1) is 9.40. The maximum Gasteiger partial charge on any atom is 0.256 e. The van der Waals surface area contributed by atoms with Crippen molar-refractivity contribution in [1.29, 1.82) is 0 Å². The van der Waals surface area contributed by atoms with Crippen molar-refractivity contribution in [2.75, 3.05) is 5.32 Å². The summed E-state index contributed by atoms with van der Waals surface area (Å²) in [4.78, 5) is 12.0. The molecule has 1 amide bonds. The summed E-state index contributed by atoms with van der Waals surface area (Å²) < 4.78 is 0. The van der Waals surface area contributed by atoms with Crippen molar-refractivity contribution in [3.05, 3.63) is 47.2 Å². The average molecular weight is 273 g/mol. The minimum Gasteiger partial charge on any atom is -0.392 e. The number of rotatable bonds is 3. The third-order valence-electron chi connectivity index (χ3n) is 3.03. The second-order valence-electron chi connectivity index (χ2n) is 5.73. The van der Waals surface area contributed by atoms with Crippen LogP contribution in [0.15, 0.2) is 30.3 Å². The topological polar surface area (TPSA) is 78.0 Å². The number of nitrogens with zero attached hydrogens (tertiary/aromatic N) is 1.